The van der Waals surface area contributed by atoms with E-state index in [2.05, 4.69) is 24.0 Å². The van der Waals surface area contributed by atoms with E-state index in [9.17, 15) is 4.79 Å². The molecule has 1 saturated heterocycles. The van der Waals surface area contributed by atoms with E-state index >= 15 is 0 Å². The van der Waals surface area contributed by atoms with E-state index in [-0.39, 0.29) is 5.91 Å². The number of nitrogens with two attached hydrogens (primary N) is 1. The quantitative estimate of drug-likeness (QED) is 0.806. The van der Waals surface area contributed by atoms with Crippen LogP contribution >= 0.6 is 11.8 Å². The van der Waals surface area contributed by atoms with E-state index in [0.717, 1.165) is 43.5 Å². The monoisotopic (exact) mass is 311 g/mol. The largest absolute Gasteiger partial charge is 0.342 e. The third kappa shape index (κ3) is 4.20. The maximum absolute atomic E-state index is 12.3. The minimum absolute atomic E-state index is 0.201. The first-order valence-electron chi connectivity index (χ1n) is 7.68. The SMILES string of the molecule is CCCn1c(CN)nnc1SCC(=O)N1CCCC(C)C1. The van der Waals surface area contributed by atoms with Crippen molar-refractivity contribution in [3.8, 4) is 0 Å². The number of hydrogen-bond donors (Lipinski definition) is 1. The van der Waals surface area contributed by atoms with Crippen LogP contribution in [0, 0.1) is 5.92 Å². The Bertz CT molecular complexity index is 476. The van der Waals surface area contributed by atoms with Crippen molar-refractivity contribution in [2.75, 3.05) is 18.8 Å². The molecule has 1 aliphatic heterocycles. The van der Waals surface area contributed by atoms with E-state index in [0.29, 0.717) is 18.2 Å². The molecule has 0 spiro atoms. The number of carbonyl (C=O) groups is 1. The van der Waals surface area contributed by atoms with Crippen molar-refractivity contribution in [3.63, 3.8) is 0 Å². The van der Waals surface area contributed by atoms with Gasteiger partial charge in [0, 0.05) is 19.6 Å². The van der Waals surface area contributed by atoms with Crippen LogP contribution in [0.15, 0.2) is 5.16 Å². The molecule has 118 valence electrons. The zero-order chi connectivity index (χ0) is 15.2. The van der Waals surface area contributed by atoms with Crippen molar-refractivity contribution >= 4 is 17.7 Å². The lowest BCUT2D eigenvalue weighted by Gasteiger charge is -2.30. The van der Waals surface area contributed by atoms with E-state index in [1.807, 2.05) is 9.47 Å². The smallest absolute Gasteiger partial charge is 0.233 e. The highest BCUT2D eigenvalue weighted by atomic mass is 32.2. The lowest BCUT2D eigenvalue weighted by molar-refractivity contribution is -0.130. The van der Waals surface area contributed by atoms with Gasteiger partial charge in [-0.25, -0.2) is 0 Å². The van der Waals surface area contributed by atoms with Crippen LogP contribution in [0.3, 0.4) is 0 Å². The van der Waals surface area contributed by atoms with E-state index in [1.165, 1.54) is 18.2 Å². The average molecular weight is 311 g/mol. The molecule has 1 aromatic heterocycles. The molecule has 0 saturated carbocycles. The maximum atomic E-state index is 12.3. The van der Waals surface area contributed by atoms with Gasteiger partial charge in [0.25, 0.3) is 0 Å². The topological polar surface area (TPSA) is 77.0 Å². The number of likely N-dealkylation sites (tertiary alicyclic amines) is 1. The van der Waals surface area contributed by atoms with Gasteiger partial charge in [0.15, 0.2) is 5.16 Å². The Morgan fingerprint density at radius 1 is 1.48 bits per heavy atom. The standard InChI is InChI=1S/C14H25N5OS/c1-3-6-19-12(8-15)16-17-14(19)21-10-13(20)18-7-4-5-11(2)9-18/h11H,3-10,15H2,1-2H3. The van der Waals surface area contributed by atoms with Gasteiger partial charge >= 0.3 is 0 Å². The lowest BCUT2D eigenvalue weighted by atomic mass is 10.0. The Kier molecular flexibility index (Phi) is 6.05. The Morgan fingerprint density at radius 3 is 2.95 bits per heavy atom. The molecule has 1 aromatic rings. The van der Waals surface area contributed by atoms with Gasteiger partial charge in [-0.15, -0.1) is 10.2 Å². The van der Waals surface area contributed by atoms with Gasteiger partial charge in [-0.3, -0.25) is 4.79 Å². The first-order valence-corrected chi connectivity index (χ1v) is 8.67. The molecule has 1 fully saturated rings. The van der Waals surface area contributed by atoms with Gasteiger partial charge in [-0.1, -0.05) is 25.6 Å². The molecule has 2 N–H and O–H groups in total. The first-order chi connectivity index (χ1) is 10.2. The molecule has 2 heterocycles. The summed E-state index contributed by atoms with van der Waals surface area (Å²) in [6.45, 7) is 7.31. The molecule has 1 amide bonds. The Labute approximate surface area is 130 Å². The minimum Gasteiger partial charge on any atom is -0.342 e. The van der Waals surface area contributed by atoms with E-state index < -0.39 is 0 Å². The van der Waals surface area contributed by atoms with Gasteiger partial charge in [-0.05, 0) is 25.2 Å². The Hall–Kier alpha value is -1.08. The summed E-state index contributed by atoms with van der Waals surface area (Å²) in [5.74, 6) is 2.03. The first kappa shape index (κ1) is 16.3. The number of hydrogen-bond acceptors (Lipinski definition) is 5. The molecule has 7 heteroatoms. The third-order valence-corrected chi connectivity index (χ3v) is 4.71. The van der Waals surface area contributed by atoms with E-state index in [1.54, 1.807) is 0 Å². The summed E-state index contributed by atoms with van der Waals surface area (Å²) < 4.78 is 2.02. The summed E-state index contributed by atoms with van der Waals surface area (Å²) in [6, 6.07) is 0. The molecule has 2 rings (SSSR count). The fourth-order valence-electron chi connectivity index (χ4n) is 2.66. The maximum Gasteiger partial charge on any atom is 0.233 e. The Balaban J connectivity index is 1.93. The average Bonchev–Trinajstić information content (AvgIpc) is 2.87. The molecule has 6 nitrogen and oxygen atoms in total. The number of carbonyl (C=O) groups excluding carboxylic acids is 1. The molecular weight excluding hydrogens is 286 g/mol. The molecule has 0 aliphatic carbocycles. The summed E-state index contributed by atoms with van der Waals surface area (Å²) in [4.78, 5) is 14.3. The number of thioether (sulfide) groups is 1. The van der Waals surface area contributed by atoms with Crippen LogP contribution in [0.25, 0.3) is 0 Å². The molecule has 1 atom stereocenters. The highest BCUT2D eigenvalue weighted by Crippen LogP contribution is 2.20. The van der Waals surface area contributed by atoms with Crippen molar-refractivity contribution in [3.05, 3.63) is 5.82 Å². The lowest BCUT2D eigenvalue weighted by Crippen LogP contribution is -2.40. The molecular formula is C14H25N5OS. The molecule has 0 aromatic carbocycles. The van der Waals surface area contributed by atoms with Crippen molar-refractivity contribution < 1.29 is 4.79 Å². The van der Waals surface area contributed by atoms with Crippen LogP contribution < -0.4 is 5.73 Å². The number of nitrogens with zero attached hydrogens (tertiary/aromatic N) is 4. The van der Waals surface area contributed by atoms with Gasteiger partial charge in [0.1, 0.15) is 5.82 Å². The summed E-state index contributed by atoms with van der Waals surface area (Å²) in [5.41, 5.74) is 5.67. The highest BCUT2D eigenvalue weighted by molar-refractivity contribution is 7.99. The second kappa shape index (κ2) is 7.79. The molecule has 0 radical (unpaired) electrons. The highest BCUT2D eigenvalue weighted by Gasteiger charge is 2.21. The molecule has 1 unspecified atom stereocenters. The van der Waals surface area contributed by atoms with Gasteiger partial charge in [-0.2, -0.15) is 0 Å². The number of piperidine rings is 1. The minimum atomic E-state index is 0.201. The number of aromatic nitrogens is 3. The summed E-state index contributed by atoms with van der Waals surface area (Å²) in [6.07, 6.45) is 3.33. The van der Waals surface area contributed by atoms with Crippen LogP contribution in [0.1, 0.15) is 38.9 Å². The van der Waals surface area contributed by atoms with Crippen molar-refractivity contribution in [1.29, 1.82) is 0 Å². The number of amides is 1. The van der Waals surface area contributed by atoms with Crippen molar-refractivity contribution in [2.45, 2.75) is 51.4 Å². The number of rotatable bonds is 6. The van der Waals surface area contributed by atoms with Crippen molar-refractivity contribution in [2.24, 2.45) is 11.7 Å². The summed E-state index contributed by atoms with van der Waals surface area (Å²) in [7, 11) is 0. The summed E-state index contributed by atoms with van der Waals surface area (Å²) >= 11 is 1.47. The second-order valence-electron chi connectivity index (χ2n) is 5.63. The van der Waals surface area contributed by atoms with E-state index in [4.69, 9.17) is 5.73 Å². The summed E-state index contributed by atoms with van der Waals surface area (Å²) in [5, 5.41) is 9.06. The van der Waals surface area contributed by atoms with Gasteiger partial charge < -0.3 is 15.2 Å². The Morgan fingerprint density at radius 2 is 2.29 bits per heavy atom. The fraction of sp³-hybridized carbons (Fsp3) is 0.786. The van der Waals surface area contributed by atoms with Crippen LogP contribution in [0.2, 0.25) is 0 Å². The van der Waals surface area contributed by atoms with Crippen LogP contribution in [0.4, 0.5) is 0 Å². The zero-order valence-electron chi connectivity index (χ0n) is 12.9. The molecule has 1 aliphatic rings. The second-order valence-corrected chi connectivity index (χ2v) is 6.57. The van der Waals surface area contributed by atoms with Crippen molar-refractivity contribution in [1.82, 2.24) is 19.7 Å². The van der Waals surface area contributed by atoms with Crippen LogP contribution in [-0.4, -0.2) is 44.4 Å². The van der Waals surface area contributed by atoms with Gasteiger partial charge in [0.2, 0.25) is 5.91 Å². The van der Waals surface area contributed by atoms with Gasteiger partial charge in [0.05, 0.1) is 12.3 Å². The fourth-order valence-corrected chi connectivity index (χ4v) is 3.54. The normalized spacial score (nSPS) is 19.0. The third-order valence-electron chi connectivity index (χ3n) is 3.76. The molecule has 0 bridgehead atoms. The molecule has 21 heavy (non-hydrogen) atoms. The van der Waals surface area contributed by atoms with Crippen LogP contribution in [-0.2, 0) is 17.9 Å². The zero-order valence-corrected chi connectivity index (χ0v) is 13.7. The van der Waals surface area contributed by atoms with Crippen LogP contribution in [0.5, 0.6) is 0 Å². The predicted molar refractivity (Wildman–Crippen MR) is 83.9 cm³/mol. The predicted octanol–water partition coefficient (Wildman–Crippen LogP) is 1.50.